The molecule has 3 N–H and O–H groups in total. The Bertz CT molecular complexity index is 656. The lowest BCUT2D eigenvalue weighted by Gasteiger charge is -2.59. The van der Waals surface area contributed by atoms with Crippen molar-refractivity contribution in [1.82, 2.24) is 0 Å². The molecule has 0 aromatic rings. The van der Waals surface area contributed by atoms with Crippen molar-refractivity contribution in [1.29, 1.82) is 0 Å². The van der Waals surface area contributed by atoms with Crippen LogP contribution in [0.2, 0.25) is 0 Å². The molecule has 172 valence electrons. The van der Waals surface area contributed by atoms with Gasteiger partial charge in [0.1, 0.15) is 6.10 Å². The highest BCUT2D eigenvalue weighted by atomic mass is 16.3. The minimum absolute atomic E-state index is 0.0774. The summed E-state index contributed by atoms with van der Waals surface area (Å²) in [6.45, 7) is 11.7. The maximum atomic E-state index is 10.7. The highest BCUT2D eigenvalue weighted by Crippen LogP contribution is 2.67. The van der Waals surface area contributed by atoms with Gasteiger partial charge in [0, 0.05) is 0 Å². The lowest BCUT2D eigenvalue weighted by molar-refractivity contribution is -0.0804. The number of allylic oxidation sites excluding steroid dienone is 1. The smallest absolute Gasteiger partial charge is 0.101 e. The van der Waals surface area contributed by atoms with Crippen molar-refractivity contribution in [2.75, 3.05) is 0 Å². The Hall–Kier alpha value is -0.380. The summed E-state index contributed by atoms with van der Waals surface area (Å²) in [7, 11) is 0. The highest BCUT2D eigenvalue weighted by Gasteiger charge is 2.60. The van der Waals surface area contributed by atoms with E-state index in [0.29, 0.717) is 23.2 Å². The standard InChI is InChI=1S/C27H46O3/c1-16(2)23(28)11-6-17(3)19-9-10-20-18-7-8-22-25(30)24(29)13-15-27(22,5)21(18)12-14-26(19,20)4/h8,16-21,23-25,28-30H,6-7,9-15H2,1-5H3. The van der Waals surface area contributed by atoms with Crippen LogP contribution in [0.3, 0.4) is 0 Å². The van der Waals surface area contributed by atoms with Gasteiger partial charge in [-0.25, -0.2) is 0 Å². The second kappa shape index (κ2) is 8.19. The van der Waals surface area contributed by atoms with Crippen LogP contribution in [0.5, 0.6) is 0 Å². The maximum Gasteiger partial charge on any atom is 0.101 e. The van der Waals surface area contributed by atoms with E-state index in [4.69, 9.17) is 0 Å². The molecule has 3 heteroatoms. The Balaban J connectivity index is 1.51. The molecule has 0 aliphatic heterocycles. The molecule has 0 aromatic carbocycles. The molecule has 3 saturated carbocycles. The fourth-order valence-corrected chi connectivity index (χ4v) is 8.66. The van der Waals surface area contributed by atoms with Crippen LogP contribution in [0.4, 0.5) is 0 Å². The van der Waals surface area contributed by atoms with Gasteiger partial charge in [0.25, 0.3) is 0 Å². The Morgan fingerprint density at radius 1 is 0.967 bits per heavy atom. The number of aliphatic hydroxyl groups is 3. The number of hydrogen-bond acceptors (Lipinski definition) is 3. The molecular formula is C27H46O3. The molecule has 4 rings (SSSR count). The molecule has 10 unspecified atom stereocenters. The van der Waals surface area contributed by atoms with Crippen LogP contribution < -0.4 is 0 Å². The zero-order valence-corrected chi connectivity index (χ0v) is 20.0. The zero-order chi connectivity index (χ0) is 21.8. The molecule has 10 atom stereocenters. The highest BCUT2D eigenvalue weighted by molar-refractivity contribution is 5.29. The minimum atomic E-state index is -0.651. The lowest BCUT2D eigenvalue weighted by Crippen LogP contribution is -2.53. The first-order chi connectivity index (χ1) is 14.1. The summed E-state index contributed by atoms with van der Waals surface area (Å²) in [5.74, 6) is 4.00. The first-order valence-electron chi connectivity index (χ1n) is 12.8. The van der Waals surface area contributed by atoms with E-state index in [0.717, 1.165) is 55.4 Å². The first kappa shape index (κ1) is 22.8. The fourth-order valence-electron chi connectivity index (χ4n) is 8.66. The van der Waals surface area contributed by atoms with Crippen molar-refractivity contribution in [2.24, 2.45) is 46.3 Å². The molecular weight excluding hydrogens is 372 g/mol. The molecule has 0 saturated heterocycles. The van der Waals surface area contributed by atoms with Gasteiger partial charge in [-0.3, -0.25) is 0 Å². The molecule has 0 radical (unpaired) electrons. The molecule has 0 spiro atoms. The van der Waals surface area contributed by atoms with Gasteiger partial charge in [-0.15, -0.1) is 0 Å². The first-order valence-corrected chi connectivity index (χ1v) is 12.8. The number of rotatable bonds is 5. The number of fused-ring (bicyclic) bond motifs is 5. The predicted molar refractivity (Wildman–Crippen MR) is 122 cm³/mol. The quantitative estimate of drug-likeness (QED) is 0.529. The van der Waals surface area contributed by atoms with Crippen LogP contribution in [0, 0.1) is 46.3 Å². The molecule has 30 heavy (non-hydrogen) atoms. The fraction of sp³-hybridized carbons (Fsp3) is 0.926. The van der Waals surface area contributed by atoms with Crippen LogP contribution in [0.25, 0.3) is 0 Å². The molecule has 0 aromatic heterocycles. The van der Waals surface area contributed by atoms with Gasteiger partial charge in [-0.2, -0.15) is 0 Å². The van der Waals surface area contributed by atoms with Gasteiger partial charge in [-0.1, -0.05) is 40.7 Å². The summed E-state index contributed by atoms with van der Waals surface area (Å²) in [5.41, 5.74) is 1.66. The van der Waals surface area contributed by atoms with Crippen molar-refractivity contribution in [2.45, 2.75) is 111 Å². The molecule has 4 aliphatic carbocycles. The van der Waals surface area contributed by atoms with Gasteiger partial charge in [-0.05, 0) is 110 Å². The molecule has 4 aliphatic rings. The Kier molecular flexibility index (Phi) is 6.23. The average molecular weight is 419 g/mol. The molecule has 0 amide bonds. The summed E-state index contributed by atoms with van der Waals surface area (Å²) in [6, 6.07) is 0. The van der Waals surface area contributed by atoms with E-state index in [2.05, 4.69) is 40.7 Å². The van der Waals surface area contributed by atoms with Crippen LogP contribution in [0.15, 0.2) is 11.6 Å². The Labute approximate surface area is 184 Å². The third-order valence-corrected chi connectivity index (χ3v) is 10.6. The summed E-state index contributed by atoms with van der Waals surface area (Å²) < 4.78 is 0. The summed E-state index contributed by atoms with van der Waals surface area (Å²) in [6.07, 6.45) is 11.1. The van der Waals surface area contributed by atoms with Crippen molar-refractivity contribution in [3.8, 4) is 0 Å². The van der Waals surface area contributed by atoms with Crippen LogP contribution in [-0.4, -0.2) is 33.6 Å². The molecule has 3 fully saturated rings. The molecule has 0 bridgehead atoms. The molecule has 0 heterocycles. The Morgan fingerprint density at radius 3 is 2.40 bits per heavy atom. The Morgan fingerprint density at radius 2 is 1.70 bits per heavy atom. The van der Waals surface area contributed by atoms with Gasteiger partial charge >= 0.3 is 0 Å². The monoisotopic (exact) mass is 418 g/mol. The van der Waals surface area contributed by atoms with E-state index in [9.17, 15) is 15.3 Å². The lowest BCUT2D eigenvalue weighted by atomic mass is 9.46. The topological polar surface area (TPSA) is 60.7 Å². The number of hydrogen-bond donors (Lipinski definition) is 3. The van der Waals surface area contributed by atoms with Crippen molar-refractivity contribution in [3.05, 3.63) is 11.6 Å². The van der Waals surface area contributed by atoms with E-state index >= 15 is 0 Å². The second-order valence-electron chi connectivity index (χ2n) is 12.3. The summed E-state index contributed by atoms with van der Waals surface area (Å²) >= 11 is 0. The van der Waals surface area contributed by atoms with Crippen molar-refractivity contribution < 1.29 is 15.3 Å². The van der Waals surface area contributed by atoms with E-state index in [1.807, 2.05) is 0 Å². The van der Waals surface area contributed by atoms with Gasteiger partial charge in [0.15, 0.2) is 0 Å². The minimum Gasteiger partial charge on any atom is -0.393 e. The van der Waals surface area contributed by atoms with E-state index in [-0.39, 0.29) is 11.5 Å². The van der Waals surface area contributed by atoms with E-state index in [1.54, 1.807) is 0 Å². The van der Waals surface area contributed by atoms with Crippen molar-refractivity contribution in [3.63, 3.8) is 0 Å². The summed E-state index contributed by atoms with van der Waals surface area (Å²) in [5, 5.41) is 31.2. The normalized spacial score (nSPS) is 47.8. The third-order valence-electron chi connectivity index (χ3n) is 10.6. The van der Waals surface area contributed by atoms with Crippen LogP contribution in [0.1, 0.15) is 92.4 Å². The molecule has 3 nitrogen and oxygen atoms in total. The second-order valence-corrected chi connectivity index (χ2v) is 12.3. The third kappa shape index (κ3) is 3.52. The largest absolute Gasteiger partial charge is 0.393 e. The number of aliphatic hydroxyl groups excluding tert-OH is 3. The maximum absolute atomic E-state index is 10.7. The van der Waals surface area contributed by atoms with Gasteiger partial charge < -0.3 is 15.3 Å². The van der Waals surface area contributed by atoms with Crippen LogP contribution in [-0.2, 0) is 0 Å². The SMILES string of the molecule is CC(C)C(O)CCC(C)C1CCC2C3CC=C4C(O)C(O)CCC4(C)C3CCC12C. The van der Waals surface area contributed by atoms with Crippen LogP contribution >= 0.6 is 0 Å². The average Bonchev–Trinajstić information content (AvgIpc) is 3.06. The van der Waals surface area contributed by atoms with Gasteiger partial charge in [0.2, 0.25) is 0 Å². The summed E-state index contributed by atoms with van der Waals surface area (Å²) in [4.78, 5) is 0. The van der Waals surface area contributed by atoms with E-state index < -0.39 is 12.2 Å². The predicted octanol–water partition coefficient (Wildman–Crippen LogP) is 5.33. The van der Waals surface area contributed by atoms with E-state index in [1.165, 1.54) is 25.7 Å². The van der Waals surface area contributed by atoms with Gasteiger partial charge in [0.05, 0.1) is 12.2 Å². The van der Waals surface area contributed by atoms with Crippen molar-refractivity contribution >= 4 is 0 Å². The zero-order valence-electron chi connectivity index (χ0n) is 20.0.